The molecule has 0 spiro atoms. The molecule has 2 unspecified atom stereocenters. The monoisotopic (exact) mass is 850 g/mol. The fourth-order valence-corrected chi connectivity index (χ4v) is 6.23. The Hall–Kier alpha value is -3.99. The minimum Gasteiger partial charge on any atom is -0.394 e. The summed E-state index contributed by atoms with van der Waals surface area (Å²) in [5.74, 6) is -0.102. The van der Waals surface area contributed by atoms with E-state index in [4.69, 9.17) is 0 Å². The topological polar surface area (TPSA) is 69.6 Å². The van der Waals surface area contributed by atoms with Crippen LogP contribution in [0.25, 0.3) is 0 Å². The van der Waals surface area contributed by atoms with E-state index in [2.05, 4.69) is 165 Å². The molecule has 0 heterocycles. The van der Waals surface area contributed by atoms with Gasteiger partial charge in [0.15, 0.2) is 0 Å². The van der Waals surface area contributed by atoms with Gasteiger partial charge in [0, 0.05) is 6.42 Å². The van der Waals surface area contributed by atoms with Crippen molar-refractivity contribution in [3.8, 4) is 0 Å². The molecule has 0 saturated heterocycles. The molecular formula is C58H91NO3. The summed E-state index contributed by atoms with van der Waals surface area (Å²) in [6, 6.07) is -0.664. The number of hydrogen-bond acceptors (Lipinski definition) is 3. The first kappa shape index (κ1) is 58.0. The highest BCUT2D eigenvalue weighted by Crippen LogP contribution is 2.10. The summed E-state index contributed by atoms with van der Waals surface area (Å²) in [6.45, 7) is 4.11. The number of carbonyl (C=O) groups is 1. The van der Waals surface area contributed by atoms with Crippen LogP contribution in [0.15, 0.2) is 158 Å². The van der Waals surface area contributed by atoms with Gasteiger partial charge >= 0.3 is 0 Å². The van der Waals surface area contributed by atoms with Crippen molar-refractivity contribution in [2.45, 2.75) is 193 Å². The van der Waals surface area contributed by atoms with E-state index in [1.54, 1.807) is 6.08 Å². The standard InChI is InChI=1S/C58H91NO3/c1-3-5-7-9-11-13-15-17-18-19-20-21-22-23-24-25-26-27-28-29-30-31-32-33-34-35-36-37-38-39-40-42-44-46-48-50-52-54-58(62)59-56(55-60)57(61)53-51-49-47-45-43-41-16-14-12-10-8-6-4-2/h5,7,11-14,17-18,20-21,23-24,26-27,29-30,32-33,35-36,38-39,43,45,51,53,56-57,60-61H,3-4,6,8-10,15-16,19,22,25,28,31,34,37,40-42,44,46-50,52,54-55H2,1-2H3,(H,59,62)/b7-5-,13-11-,14-12+,18-17-,21-20-,24-23-,27-26-,30-29-,33-32-,36-35-,39-38-,45-43+,53-51+. The molecule has 0 bridgehead atoms. The van der Waals surface area contributed by atoms with Crippen LogP contribution in [-0.4, -0.2) is 34.9 Å². The molecule has 3 N–H and O–H groups in total. The van der Waals surface area contributed by atoms with Crippen molar-refractivity contribution in [1.82, 2.24) is 5.32 Å². The van der Waals surface area contributed by atoms with Crippen molar-refractivity contribution in [2.75, 3.05) is 6.61 Å². The first-order valence-corrected chi connectivity index (χ1v) is 24.7. The Labute approximate surface area is 382 Å². The number of amides is 1. The molecule has 4 nitrogen and oxygen atoms in total. The summed E-state index contributed by atoms with van der Waals surface area (Å²) in [6.07, 6.45) is 83.6. The highest BCUT2D eigenvalue weighted by molar-refractivity contribution is 5.76. The van der Waals surface area contributed by atoms with Crippen LogP contribution < -0.4 is 5.32 Å². The molecule has 4 heteroatoms. The molecular weight excluding hydrogens is 759 g/mol. The lowest BCUT2D eigenvalue weighted by molar-refractivity contribution is -0.123. The molecule has 0 aromatic heterocycles. The predicted octanol–water partition coefficient (Wildman–Crippen LogP) is 16.2. The number of aliphatic hydroxyl groups is 2. The van der Waals surface area contributed by atoms with E-state index in [-0.39, 0.29) is 12.5 Å². The number of hydrogen-bond donors (Lipinski definition) is 3. The van der Waals surface area contributed by atoms with Gasteiger partial charge in [0.05, 0.1) is 18.8 Å². The third kappa shape index (κ3) is 47.1. The number of aliphatic hydroxyl groups excluding tert-OH is 2. The van der Waals surface area contributed by atoms with Crippen LogP contribution in [0.3, 0.4) is 0 Å². The zero-order valence-electron chi connectivity index (χ0n) is 39.6. The Kier molecular flexibility index (Phi) is 48.1. The predicted molar refractivity (Wildman–Crippen MR) is 275 cm³/mol. The number of carbonyl (C=O) groups excluding carboxylic acids is 1. The second kappa shape index (κ2) is 51.4. The highest BCUT2D eigenvalue weighted by atomic mass is 16.3. The Balaban J connectivity index is 3.73. The first-order valence-electron chi connectivity index (χ1n) is 24.7. The average molecular weight is 850 g/mol. The summed E-state index contributed by atoms with van der Waals surface area (Å²) in [7, 11) is 0. The quantitative estimate of drug-likeness (QED) is 0.0423. The van der Waals surface area contributed by atoms with E-state index in [0.29, 0.717) is 6.42 Å². The third-order valence-electron chi connectivity index (χ3n) is 9.97. The molecule has 0 aliphatic heterocycles. The lowest BCUT2D eigenvalue weighted by Crippen LogP contribution is -2.45. The van der Waals surface area contributed by atoms with Gasteiger partial charge in [-0.2, -0.15) is 0 Å². The van der Waals surface area contributed by atoms with Gasteiger partial charge in [-0.05, 0) is 122 Å². The second-order valence-corrected chi connectivity index (χ2v) is 15.8. The van der Waals surface area contributed by atoms with Crippen molar-refractivity contribution >= 4 is 5.91 Å². The van der Waals surface area contributed by atoms with Crippen LogP contribution in [0.4, 0.5) is 0 Å². The second-order valence-electron chi connectivity index (χ2n) is 15.8. The molecule has 0 radical (unpaired) electrons. The molecule has 0 aliphatic rings. The van der Waals surface area contributed by atoms with E-state index < -0.39 is 12.1 Å². The minimum absolute atomic E-state index is 0.102. The maximum absolute atomic E-state index is 12.4. The molecule has 0 rings (SSSR count). The zero-order chi connectivity index (χ0) is 44.9. The van der Waals surface area contributed by atoms with E-state index >= 15 is 0 Å². The Bertz CT molecular complexity index is 1380. The third-order valence-corrected chi connectivity index (χ3v) is 9.97. The molecule has 2 atom stereocenters. The molecule has 0 aromatic carbocycles. The van der Waals surface area contributed by atoms with Gasteiger partial charge in [0.2, 0.25) is 5.91 Å². The van der Waals surface area contributed by atoms with Gasteiger partial charge in [-0.25, -0.2) is 0 Å². The molecule has 1 amide bonds. The Morgan fingerprint density at radius 2 is 0.726 bits per heavy atom. The van der Waals surface area contributed by atoms with Crippen molar-refractivity contribution in [3.63, 3.8) is 0 Å². The van der Waals surface area contributed by atoms with Crippen LogP contribution in [0.5, 0.6) is 0 Å². The molecule has 0 aliphatic carbocycles. The molecule has 346 valence electrons. The lowest BCUT2D eigenvalue weighted by atomic mass is 10.1. The maximum atomic E-state index is 12.4. The normalized spacial score (nSPS) is 14.3. The van der Waals surface area contributed by atoms with Crippen LogP contribution in [-0.2, 0) is 4.79 Å². The molecule has 62 heavy (non-hydrogen) atoms. The summed E-state index contributed by atoms with van der Waals surface area (Å²) in [5, 5.41) is 22.9. The van der Waals surface area contributed by atoms with E-state index in [0.717, 1.165) is 116 Å². The van der Waals surface area contributed by atoms with Crippen molar-refractivity contribution in [2.24, 2.45) is 0 Å². The van der Waals surface area contributed by atoms with Crippen molar-refractivity contribution in [1.29, 1.82) is 0 Å². The first-order chi connectivity index (χ1) is 30.7. The number of allylic oxidation sites excluding steroid dienone is 25. The van der Waals surface area contributed by atoms with E-state index in [1.807, 2.05) is 6.08 Å². The molecule has 0 aromatic rings. The summed E-state index contributed by atoms with van der Waals surface area (Å²) in [5.41, 5.74) is 0. The van der Waals surface area contributed by atoms with Crippen molar-refractivity contribution < 1.29 is 15.0 Å². The minimum atomic E-state index is -0.887. The fraction of sp³-hybridized carbons (Fsp3) is 0.534. The fourth-order valence-electron chi connectivity index (χ4n) is 6.23. The Morgan fingerprint density at radius 3 is 1.13 bits per heavy atom. The van der Waals surface area contributed by atoms with Gasteiger partial charge in [0.25, 0.3) is 0 Å². The number of rotatable bonds is 42. The van der Waals surface area contributed by atoms with Gasteiger partial charge in [-0.3, -0.25) is 4.79 Å². The van der Waals surface area contributed by atoms with Crippen LogP contribution in [0.2, 0.25) is 0 Å². The Morgan fingerprint density at radius 1 is 0.403 bits per heavy atom. The van der Waals surface area contributed by atoms with Gasteiger partial charge in [-0.1, -0.05) is 210 Å². The van der Waals surface area contributed by atoms with Crippen molar-refractivity contribution in [3.05, 3.63) is 158 Å². The van der Waals surface area contributed by atoms with Crippen LogP contribution in [0.1, 0.15) is 181 Å². The zero-order valence-corrected chi connectivity index (χ0v) is 39.6. The number of nitrogens with one attached hydrogen (secondary N) is 1. The average Bonchev–Trinajstić information content (AvgIpc) is 3.28. The summed E-state index contributed by atoms with van der Waals surface area (Å²) in [4.78, 5) is 12.4. The molecule has 0 saturated carbocycles. The van der Waals surface area contributed by atoms with Crippen LogP contribution in [0, 0.1) is 0 Å². The smallest absolute Gasteiger partial charge is 0.220 e. The van der Waals surface area contributed by atoms with Gasteiger partial charge in [-0.15, -0.1) is 0 Å². The molecule has 0 fully saturated rings. The largest absolute Gasteiger partial charge is 0.394 e. The number of unbranched alkanes of at least 4 members (excludes halogenated alkanes) is 11. The van der Waals surface area contributed by atoms with Crippen LogP contribution >= 0.6 is 0 Å². The lowest BCUT2D eigenvalue weighted by Gasteiger charge is -2.19. The highest BCUT2D eigenvalue weighted by Gasteiger charge is 2.17. The van der Waals surface area contributed by atoms with Gasteiger partial charge < -0.3 is 15.5 Å². The van der Waals surface area contributed by atoms with E-state index in [9.17, 15) is 15.0 Å². The van der Waals surface area contributed by atoms with E-state index in [1.165, 1.54) is 44.9 Å². The van der Waals surface area contributed by atoms with Gasteiger partial charge in [0.1, 0.15) is 0 Å². The SMILES string of the molecule is CC/C=C\C/C=C\C/C=C\C/C=C\C/C=C\C/C=C\C/C=C\C/C=C\C/C=C\C/C=C\CCCCCCCCC(=O)NC(CO)C(O)/C=C/CC/C=C/CC/C=C/CCCCC. The summed E-state index contributed by atoms with van der Waals surface area (Å²) < 4.78 is 0. The maximum Gasteiger partial charge on any atom is 0.220 e. The summed E-state index contributed by atoms with van der Waals surface area (Å²) >= 11 is 0.